The molecule has 1 atom stereocenters. The third-order valence-corrected chi connectivity index (χ3v) is 7.61. The van der Waals surface area contributed by atoms with E-state index in [1.165, 1.54) is 4.70 Å². The van der Waals surface area contributed by atoms with Gasteiger partial charge in [-0.25, -0.2) is 4.98 Å². The number of unbranched alkanes of at least 4 members (excludes halogenated alkanes) is 1. The maximum Gasteiger partial charge on any atom is 0.240 e. The van der Waals surface area contributed by atoms with Crippen molar-refractivity contribution in [2.75, 3.05) is 55.8 Å². The largest absolute Gasteiger partial charge is 0.345 e. The number of aromatic nitrogens is 1. The van der Waals surface area contributed by atoms with Crippen LogP contribution >= 0.6 is 23.1 Å². The van der Waals surface area contributed by atoms with Crippen molar-refractivity contribution in [2.45, 2.75) is 25.3 Å². The zero-order valence-corrected chi connectivity index (χ0v) is 17.9. The molecule has 3 heterocycles. The summed E-state index contributed by atoms with van der Waals surface area (Å²) in [7, 11) is 0. The van der Waals surface area contributed by atoms with Crippen molar-refractivity contribution in [2.24, 2.45) is 5.73 Å². The number of thiazole rings is 1. The number of hydrogen-bond acceptors (Lipinski definition) is 7. The SMILES string of the molecule is NC(CCCCN1CCN(c2nc3ccccc3s2)CC1)C(=O)N1CCSC1. The van der Waals surface area contributed by atoms with E-state index < -0.39 is 0 Å². The molecule has 6 nitrogen and oxygen atoms in total. The van der Waals surface area contributed by atoms with Crippen molar-refractivity contribution in [1.29, 1.82) is 0 Å². The topological polar surface area (TPSA) is 65.7 Å². The van der Waals surface area contributed by atoms with Gasteiger partial charge in [0.1, 0.15) is 0 Å². The van der Waals surface area contributed by atoms with Gasteiger partial charge in [-0.3, -0.25) is 9.69 Å². The van der Waals surface area contributed by atoms with Crippen LogP contribution < -0.4 is 10.6 Å². The van der Waals surface area contributed by atoms with E-state index in [4.69, 9.17) is 10.7 Å². The van der Waals surface area contributed by atoms with Crippen molar-refractivity contribution in [3.63, 3.8) is 0 Å². The highest BCUT2D eigenvalue weighted by Crippen LogP contribution is 2.29. The molecule has 2 N–H and O–H groups in total. The van der Waals surface area contributed by atoms with Crippen LogP contribution in [0.1, 0.15) is 19.3 Å². The molecule has 1 aromatic heterocycles. The molecule has 4 rings (SSSR count). The smallest absolute Gasteiger partial charge is 0.240 e. The Bertz CT molecular complexity index is 751. The van der Waals surface area contributed by atoms with E-state index in [1.54, 1.807) is 11.3 Å². The summed E-state index contributed by atoms with van der Waals surface area (Å²) in [4.78, 5) is 23.9. The highest BCUT2D eigenvalue weighted by molar-refractivity contribution is 7.99. The Morgan fingerprint density at radius 2 is 1.96 bits per heavy atom. The van der Waals surface area contributed by atoms with Crippen LogP contribution in [0.15, 0.2) is 24.3 Å². The third-order valence-electron chi connectivity index (χ3n) is 5.55. The molecule has 2 saturated heterocycles. The first-order chi connectivity index (χ1) is 13.7. The van der Waals surface area contributed by atoms with E-state index in [2.05, 4.69) is 28.0 Å². The quantitative estimate of drug-likeness (QED) is 0.696. The van der Waals surface area contributed by atoms with Crippen molar-refractivity contribution in [3.8, 4) is 0 Å². The van der Waals surface area contributed by atoms with Crippen LogP contribution in [0.2, 0.25) is 0 Å². The van der Waals surface area contributed by atoms with Gasteiger partial charge in [0.25, 0.3) is 0 Å². The standard InChI is InChI=1S/C20H29N5OS2/c21-16(19(26)25-13-14-27-15-25)5-3-4-8-23-9-11-24(12-10-23)20-22-17-6-1-2-7-18(17)28-20/h1-2,6-7,16H,3-5,8-15,21H2. The maximum absolute atomic E-state index is 12.2. The van der Waals surface area contributed by atoms with Crippen molar-refractivity contribution < 1.29 is 4.79 Å². The number of carbonyl (C=O) groups is 1. The molecule has 2 aliphatic heterocycles. The fourth-order valence-corrected chi connectivity index (χ4v) is 5.78. The summed E-state index contributed by atoms with van der Waals surface area (Å²) in [6.45, 7) is 6.16. The monoisotopic (exact) mass is 419 g/mol. The van der Waals surface area contributed by atoms with Crippen molar-refractivity contribution in [3.05, 3.63) is 24.3 Å². The molecule has 2 aromatic rings. The molecule has 1 aromatic carbocycles. The molecule has 1 unspecified atom stereocenters. The van der Waals surface area contributed by atoms with Crippen LogP contribution in [0, 0.1) is 0 Å². The summed E-state index contributed by atoms with van der Waals surface area (Å²) in [5.74, 6) is 1.99. The molecule has 0 saturated carbocycles. The van der Waals surface area contributed by atoms with Gasteiger partial charge in [-0.1, -0.05) is 29.9 Å². The summed E-state index contributed by atoms with van der Waals surface area (Å²) in [5, 5.41) is 1.14. The third kappa shape index (κ3) is 4.79. The molecule has 0 bridgehead atoms. The molecular formula is C20H29N5OS2. The normalized spacial score (nSPS) is 19.5. The minimum absolute atomic E-state index is 0.134. The van der Waals surface area contributed by atoms with Crippen LogP contribution in [0.25, 0.3) is 10.2 Å². The van der Waals surface area contributed by atoms with E-state index in [0.717, 1.165) is 80.8 Å². The van der Waals surface area contributed by atoms with Gasteiger partial charge in [0.15, 0.2) is 5.13 Å². The Balaban J connectivity index is 1.15. The average Bonchev–Trinajstić information content (AvgIpc) is 3.40. The van der Waals surface area contributed by atoms with Gasteiger partial charge in [-0.05, 0) is 31.5 Å². The highest BCUT2D eigenvalue weighted by atomic mass is 32.2. The number of benzene rings is 1. The molecule has 2 fully saturated rings. The minimum atomic E-state index is -0.324. The molecule has 28 heavy (non-hydrogen) atoms. The van der Waals surface area contributed by atoms with Gasteiger partial charge in [-0.15, -0.1) is 11.8 Å². The highest BCUT2D eigenvalue weighted by Gasteiger charge is 2.24. The Morgan fingerprint density at radius 3 is 2.71 bits per heavy atom. The van der Waals surface area contributed by atoms with E-state index in [1.807, 2.05) is 22.7 Å². The number of piperazine rings is 1. The molecule has 1 amide bonds. The number of carbonyl (C=O) groups excluding carboxylic acids is 1. The van der Waals surface area contributed by atoms with Gasteiger partial charge in [0.05, 0.1) is 22.1 Å². The number of para-hydroxylation sites is 1. The fraction of sp³-hybridized carbons (Fsp3) is 0.600. The van der Waals surface area contributed by atoms with Gasteiger partial charge in [0, 0.05) is 38.5 Å². The zero-order chi connectivity index (χ0) is 19.3. The number of hydrogen-bond donors (Lipinski definition) is 1. The molecule has 2 aliphatic rings. The fourth-order valence-electron chi connectivity index (χ4n) is 3.80. The second-order valence-corrected chi connectivity index (χ2v) is 9.62. The van der Waals surface area contributed by atoms with Crippen molar-refractivity contribution in [1.82, 2.24) is 14.8 Å². The number of thioether (sulfide) groups is 1. The molecule has 8 heteroatoms. The first-order valence-corrected chi connectivity index (χ1v) is 12.1. The number of anilines is 1. The number of nitrogens with two attached hydrogens (primary N) is 1. The lowest BCUT2D eigenvalue weighted by molar-refractivity contribution is -0.131. The lowest BCUT2D eigenvalue weighted by Gasteiger charge is -2.34. The van der Waals surface area contributed by atoms with Crippen LogP contribution in [0.3, 0.4) is 0 Å². The molecule has 0 aliphatic carbocycles. The summed E-state index contributed by atoms with van der Waals surface area (Å²) in [6.07, 6.45) is 2.93. The first-order valence-electron chi connectivity index (χ1n) is 10.2. The Hall–Kier alpha value is -1.35. The van der Waals surface area contributed by atoms with Crippen molar-refractivity contribution >= 4 is 44.4 Å². The molecule has 0 spiro atoms. The number of nitrogens with zero attached hydrogens (tertiary/aromatic N) is 4. The van der Waals surface area contributed by atoms with E-state index in [-0.39, 0.29) is 11.9 Å². The summed E-state index contributed by atoms with van der Waals surface area (Å²) in [6, 6.07) is 8.03. The van der Waals surface area contributed by atoms with E-state index in [0.29, 0.717) is 0 Å². The van der Waals surface area contributed by atoms with Crippen LogP contribution in [0.4, 0.5) is 5.13 Å². The Kier molecular flexibility index (Phi) is 6.72. The Labute approximate surface area is 175 Å². The van der Waals surface area contributed by atoms with Gasteiger partial charge in [0.2, 0.25) is 5.91 Å². The second-order valence-electron chi connectivity index (χ2n) is 7.53. The van der Waals surface area contributed by atoms with E-state index >= 15 is 0 Å². The van der Waals surface area contributed by atoms with E-state index in [9.17, 15) is 4.79 Å². The van der Waals surface area contributed by atoms with Gasteiger partial charge >= 0.3 is 0 Å². The molecule has 0 radical (unpaired) electrons. The lowest BCUT2D eigenvalue weighted by Crippen LogP contribution is -2.46. The number of fused-ring (bicyclic) bond motifs is 1. The average molecular weight is 420 g/mol. The maximum atomic E-state index is 12.2. The molecule has 152 valence electrons. The number of amides is 1. The van der Waals surface area contributed by atoms with Gasteiger partial charge in [-0.2, -0.15) is 0 Å². The lowest BCUT2D eigenvalue weighted by atomic mass is 10.1. The number of rotatable bonds is 7. The Morgan fingerprint density at radius 1 is 1.14 bits per heavy atom. The summed E-state index contributed by atoms with van der Waals surface area (Å²) >= 11 is 3.60. The van der Waals surface area contributed by atoms with Crippen LogP contribution in [0.5, 0.6) is 0 Å². The summed E-state index contributed by atoms with van der Waals surface area (Å²) < 4.78 is 1.26. The second kappa shape index (κ2) is 9.43. The zero-order valence-electron chi connectivity index (χ0n) is 16.3. The predicted molar refractivity (Wildman–Crippen MR) is 119 cm³/mol. The predicted octanol–water partition coefficient (Wildman–Crippen LogP) is 2.45. The van der Waals surface area contributed by atoms with Gasteiger partial charge < -0.3 is 15.5 Å². The summed E-state index contributed by atoms with van der Waals surface area (Å²) in [5.41, 5.74) is 7.20. The minimum Gasteiger partial charge on any atom is -0.345 e. The first kappa shape index (κ1) is 19.9. The molecular weight excluding hydrogens is 390 g/mol. The van der Waals surface area contributed by atoms with Crippen LogP contribution in [-0.2, 0) is 4.79 Å². The van der Waals surface area contributed by atoms with Crippen LogP contribution in [-0.4, -0.2) is 77.6 Å².